The van der Waals surface area contributed by atoms with E-state index in [1.54, 1.807) is 38.6 Å². The van der Waals surface area contributed by atoms with E-state index in [1.807, 2.05) is 0 Å². The Bertz CT molecular complexity index is 1980. The van der Waals surface area contributed by atoms with Crippen molar-refractivity contribution >= 4 is 49.4 Å². The summed E-state index contributed by atoms with van der Waals surface area (Å²) in [6.45, 7) is -0.855. The molecule has 3 fully saturated rings. The highest BCUT2D eigenvalue weighted by molar-refractivity contribution is 7.47. The first-order chi connectivity index (χ1) is 21.2. The fourth-order valence-corrected chi connectivity index (χ4v) is 7.89. The van der Waals surface area contributed by atoms with Crippen LogP contribution in [0.2, 0.25) is 0 Å². The summed E-state index contributed by atoms with van der Waals surface area (Å²) in [5.41, 5.74) is 8.41. The highest BCUT2D eigenvalue weighted by Crippen LogP contribution is 2.55. The molecule has 8 rings (SSSR count). The van der Waals surface area contributed by atoms with Crippen LogP contribution in [0.3, 0.4) is 0 Å². The number of nitrogen functional groups attached to an aromatic ring is 1. The summed E-state index contributed by atoms with van der Waals surface area (Å²) in [4.78, 5) is 46.9. The summed E-state index contributed by atoms with van der Waals surface area (Å²) in [6.07, 6.45) is 7.04. The number of anilines is 1. The molecule has 1 saturated carbocycles. The lowest BCUT2D eigenvalue weighted by molar-refractivity contribution is -0.0439. The molecular formula is C23H26N10O9P2. The summed E-state index contributed by atoms with van der Waals surface area (Å²) in [6, 6.07) is -0.280. The number of imidazole rings is 3. The molecule has 232 valence electrons. The second-order valence-corrected chi connectivity index (χ2v) is 13.7. The standard InChI is InChI=1S/C23H26N10O9P2/c24-20-18-22(27-8-26-20)32(10-28-18)14-3-12-5-38-44(36,37)42-15-4-17(41-16(15)7-40-43(34,35)39-6-13(12)14)33-11-29-19-21-25-1-2-31(21)9-30-23(19)33/h1-2,8-17H,3-7H2,(H,34,35)(H,36,37)(H2,24,26,27)/t12-,13-,14-,15+,16-,17-/m1/s1. The first-order valence-corrected chi connectivity index (χ1v) is 16.7. The molecular weight excluding hydrogens is 622 g/mol. The quantitative estimate of drug-likeness (QED) is 0.230. The van der Waals surface area contributed by atoms with Crippen LogP contribution in [0.4, 0.5) is 5.82 Å². The van der Waals surface area contributed by atoms with Gasteiger partial charge in [-0.2, -0.15) is 0 Å². The first-order valence-electron chi connectivity index (χ1n) is 13.7. The highest BCUT2D eigenvalue weighted by atomic mass is 31.2. The molecule has 8 atom stereocenters. The maximum atomic E-state index is 13.1. The van der Waals surface area contributed by atoms with Crippen LogP contribution >= 0.6 is 15.6 Å². The maximum absolute atomic E-state index is 13.1. The van der Waals surface area contributed by atoms with Crippen LogP contribution in [0, 0.1) is 11.8 Å². The lowest BCUT2D eigenvalue weighted by atomic mass is 9.70. The van der Waals surface area contributed by atoms with Crippen molar-refractivity contribution in [1.29, 1.82) is 0 Å². The first kappa shape index (κ1) is 28.1. The molecule has 21 heteroatoms. The van der Waals surface area contributed by atoms with Crippen molar-refractivity contribution in [1.82, 2.24) is 43.4 Å². The van der Waals surface area contributed by atoms with Crippen LogP contribution in [0.1, 0.15) is 25.1 Å². The molecule has 2 saturated heterocycles. The van der Waals surface area contributed by atoms with Crippen molar-refractivity contribution in [2.75, 3.05) is 25.6 Å². The third-order valence-electron chi connectivity index (χ3n) is 8.38. The molecule has 3 aliphatic rings. The van der Waals surface area contributed by atoms with Gasteiger partial charge in [0.2, 0.25) is 0 Å². The topological polar surface area (TPSA) is 238 Å². The number of nitrogens with two attached hydrogens (primary N) is 1. The summed E-state index contributed by atoms with van der Waals surface area (Å²) >= 11 is 0. The van der Waals surface area contributed by atoms with Gasteiger partial charge >= 0.3 is 15.6 Å². The van der Waals surface area contributed by atoms with Crippen molar-refractivity contribution in [2.24, 2.45) is 11.8 Å². The Morgan fingerprint density at radius 2 is 1.57 bits per heavy atom. The van der Waals surface area contributed by atoms with Crippen molar-refractivity contribution in [3.05, 3.63) is 37.7 Å². The van der Waals surface area contributed by atoms with Crippen LogP contribution in [0.25, 0.3) is 28.0 Å². The van der Waals surface area contributed by atoms with E-state index in [9.17, 15) is 18.9 Å². The van der Waals surface area contributed by atoms with Gasteiger partial charge in [-0.15, -0.1) is 0 Å². The summed E-state index contributed by atoms with van der Waals surface area (Å²) in [7, 11) is -9.19. The SMILES string of the molecule is Nc1ncnc2c1ncn2[C@@H]1C[C@@H]2COP(=O)(O)O[C@H]3C[C@H](n4cnc5c4ncn4ccnc54)O[C@@H]3COP(=O)(O)OC[C@H]21. The Balaban J connectivity index is 1.03. The summed E-state index contributed by atoms with van der Waals surface area (Å²) < 4.78 is 59.1. The van der Waals surface area contributed by atoms with E-state index in [0.717, 1.165) is 0 Å². The number of hydrogen-bond donors (Lipinski definition) is 3. The molecule has 4 N–H and O–H groups in total. The van der Waals surface area contributed by atoms with Gasteiger partial charge in [0.05, 0.1) is 32.5 Å². The van der Waals surface area contributed by atoms with Gasteiger partial charge in [0.1, 0.15) is 36.6 Å². The lowest BCUT2D eigenvalue weighted by Crippen LogP contribution is -2.43. The Hall–Kier alpha value is -3.38. The predicted molar refractivity (Wildman–Crippen MR) is 148 cm³/mol. The van der Waals surface area contributed by atoms with Crippen LogP contribution in [-0.2, 0) is 32.0 Å². The highest BCUT2D eigenvalue weighted by Gasteiger charge is 2.48. The molecule has 2 unspecified atom stereocenters. The number of fused-ring (bicyclic) bond motifs is 6. The van der Waals surface area contributed by atoms with E-state index in [1.165, 1.54) is 12.7 Å². The predicted octanol–water partition coefficient (Wildman–Crippen LogP) is 1.62. The number of aromatic nitrogens is 9. The number of rotatable bonds is 2. The minimum Gasteiger partial charge on any atom is -0.382 e. The molecule has 0 radical (unpaired) electrons. The van der Waals surface area contributed by atoms with E-state index in [-0.39, 0.29) is 37.4 Å². The molecule has 44 heavy (non-hydrogen) atoms. The zero-order valence-electron chi connectivity index (χ0n) is 22.7. The second-order valence-electron chi connectivity index (χ2n) is 10.9. The average Bonchev–Trinajstić information content (AvgIpc) is 3.76. The lowest BCUT2D eigenvalue weighted by Gasteiger charge is -2.45. The van der Waals surface area contributed by atoms with Crippen molar-refractivity contribution in [3.63, 3.8) is 0 Å². The number of phosphoric acid groups is 2. The summed E-state index contributed by atoms with van der Waals surface area (Å²) in [5.74, 6) is -0.529. The largest absolute Gasteiger partial charge is 0.472 e. The monoisotopic (exact) mass is 648 g/mol. The van der Waals surface area contributed by atoms with E-state index in [4.69, 9.17) is 28.6 Å². The second kappa shape index (κ2) is 10.3. The minimum absolute atomic E-state index is 0.0676. The normalized spacial score (nSPS) is 35.0. The molecule has 7 heterocycles. The van der Waals surface area contributed by atoms with Gasteiger partial charge in [-0.1, -0.05) is 0 Å². The minimum atomic E-state index is -4.60. The number of nitrogens with zero attached hydrogens (tertiary/aromatic N) is 9. The zero-order chi connectivity index (χ0) is 30.2. The van der Waals surface area contributed by atoms with Gasteiger partial charge in [-0.05, 0) is 12.3 Å². The van der Waals surface area contributed by atoms with E-state index >= 15 is 0 Å². The van der Waals surface area contributed by atoms with Crippen molar-refractivity contribution in [2.45, 2.75) is 37.3 Å². The molecule has 2 aliphatic heterocycles. The average molecular weight is 648 g/mol. The van der Waals surface area contributed by atoms with E-state index in [2.05, 4.69) is 29.9 Å². The third kappa shape index (κ3) is 4.81. The maximum Gasteiger partial charge on any atom is 0.472 e. The zero-order valence-corrected chi connectivity index (χ0v) is 24.5. The van der Waals surface area contributed by atoms with E-state index in [0.29, 0.717) is 34.4 Å². The molecule has 0 bridgehead atoms. The van der Waals surface area contributed by atoms with E-state index < -0.39 is 46.6 Å². The molecule has 0 aromatic carbocycles. The molecule has 0 spiro atoms. The van der Waals surface area contributed by atoms with Crippen molar-refractivity contribution < 1.29 is 41.7 Å². The molecule has 0 amide bonds. The molecule has 5 aromatic rings. The fourth-order valence-electron chi connectivity index (χ4n) is 6.12. The van der Waals surface area contributed by atoms with Crippen LogP contribution < -0.4 is 5.73 Å². The Kier molecular flexibility index (Phi) is 6.60. The van der Waals surface area contributed by atoms with Gasteiger partial charge < -0.3 is 24.8 Å². The summed E-state index contributed by atoms with van der Waals surface area (Å²) in [5, 5.41) is 0. The van der Waals surface area contributed by atoms with Gasteiger partial charge in [0.15, 0.2) is 28.3 Å². The smallest absolute Gasteiger partial charge is 0.382 e. The van der Waals surface area contributed by atoms with Gasteiger partial charge in [-0.3, -0.25) is 27.1 Å². The van der Waals surface area contributed by atoms with Gasteiger partial charge in [0, 0.05) is 30.8 Å². The molecule has 5 aromatic heterocycles. The van der Waals surface area contributed by atoms with Crippen LogP contribution in [-0.4, -0.2) is 85.3 Å². The van der Waals surface area contributed by atoms with Crippen LogP contribution in [0.15, 0.2) is 37.7 Å². The number of phosphoric ester groups is 2. The van der Waals surface area contributed by atoms with Crippen LogP contribution in [0.5, 0.6) is 0 Å². The molecule has 1 aliphatic carbocycles. The molecule has 19 nitrogen and oxygen atoms in total. The Morgan fingerprint density at radius 3 is 2.45 bits per heavy atom. The number of ether oxygens (including phenoxy) is 1. The van der Waals surface area contributed by atoms with Crippen molar-refractivity contribution in [3.8, 4) is 0 Å². The number of hydrogen-bond acceptors (Lipinski definition) is 14. The Morgan fingerprint density at radius 1 is 0.795 bits per heavy atom. The van der Waals surface area contributed by atoms with Gasteiger partial charge in [-0.25, -0.2) is 39.0 Å². The fraction of sp³-hybridized carbons (Fsp3) is 0.478. The third-order valence-corrected chi connectivity index (χ3v) is 10.3. The van der Waals surface area contributed by atoms with Gasteiger partial charge in [0.25, 0.3) is 0 Å². The Labute approximate surface area is 247 Å².